The molecule has 1 aliphatic heterocycles. The highest BCUT2D eigenvalue weighted by Crippen LogP contribution is 2.27. The highest BCUT2D eigenvalue weighted by molar-refractivity contribution is 4.81. The fourth-order valence-electron chi connectivity index (χ4n) is 3.29. The molecule has 2 fully saturated rings. The van der Waals surface area contributed by atoms with Gasteiger partial charge in [0, 0.05) is 19.1 Å². The van der Waals surface area contributed by atoms with Gasteiger partial charge in [0.2, 0.25) is 0 Å². The second-order valence-corrected chi connectivity index (χ2v) is 5.35. The van der Waals surface area contributed by atoms with Crippen LogP contribution in [-0.4, -0.2) is 37.6 Å². The maximum absolute atomic E-state index is 3.35. The molecule has 0 aromatic carbocycles. The van der Waals surface area contributed by atoms with Crippen LogP contribution >= 0.6 is 0 Å². The van der Waals surface area contributed by atoms with Crippen molar-refractivity contribution in [1.82, 2.24) is 10.2 Å². The number of nitrogens with one attached hydrogen (secondary N) is 1. The van der Waals surface area contributed by atoms with Gasteiger partial charge in [-0.25, -0.2) is 0 Å². The van der Waals surface area contributed by atoms with Crippen LogP contribution in [0.3, 0.4) is 0 Å². The molecule has 0 aromatic rings. The molecule has 0 radical (unpaired) electrons. The second-order valence-electron chi connectivity index (χ2n) is 5.35. The third kappa shape index (κ3) is 3.18. The zero-order valence-electron chi connectivity index (χ0n) is 10.2. The Kier molecular flexibility index (Phi) is 4.45. The van der Waals surface area contributed by atoms with Crippen LogP contribution in [-0.2, 0) is 0 Å². The molecule has 15 heavy (non-hydrogen) atoms. The van der Waals surface area contributed by atoms with Crippen molar-refractivity contribution in [1.29, 1.82) is 0 Å². The molecular formula is C13H26N2. The molecule has 1 N–H and O–H groups in total. The molecule has 88 valence electrons. The Balaban J connectivity index is 1.80. The molecular weight excluding hydrogens is 184 g/mol. The largest absolute Gasteiger partial charge is 0.318 e. The van der Waals surface area contributed by atoms with Gasteiger partial charge in [-0.1, -0.05) is 19.3 Å². The average molecular weight is 210 g/mol. The molecule has 1 atom stereocenters. The summed E-state index contributed by atoms with van der Waals surface area (Å²) in [5.41, 5.74) is 0. The Morgan fingerprint density at radius 2 is 1.80 bits per heavy atom. The number of piperidine rings is 1. The lowest BCUT2D eigenvalue weighted by Crippen LogP contribution is -2.46. The first kappa shape index (κ1) is 11.4. The van der Waals surface area contributed by atoms with Crippen LogP contribution < -0.4 is 5.32 Å². The van der Waals surface area contributed by atoms with Crippen molar-refractivity contribution < 1.29 is 0 Å². The number of hydrogen-bond acceptors (Lipinski definition) is 2. The zero-order valence-corrected chi connectivity index (χ0v) is 10.2. The summed E-state index contributed by atoms with van der Waals surface area (Å²) in [4.78, 5) is 2.76. The summed E-state index contributed by atoms with van der Waals surface area (Å²) in [5.74, 6) is 1.02. The molecule has 1 unspecified atom stereocenters. The fraction of sp³-hybridized carbons (Fsp3) is 1.00. The van der Waals surface area contributed by atoms with E-state index in [0.29, 0.717) is 0 Å². The van der Waals surface area contributed by atoms with E-state index in [9.17, 15) is 0 Å². The average Bonchev–Trinajstić information content (AvgIpc) is 2.74. The summed E-state index contributed by atoms with van der Waals surface area (Å²) in [6, 6.07) is 0.823. The molecule has 0 amide bonds. The van der Waals surface area contributed by atoms with Crippen molar-refractivity contribution in [2.45, 2.75) is 51.0 Å². The molecule has 2 nitrogen and oxygen atoms in total. The minimum atomic E-state index is 0.823. The van der Waals surface area contributed by atoms with E-state index in [1.807, 2.05) is 0 Å². The van der Waals surface area contributed by atoms with Crippen LogP contribution in [0.15, 0.2) is 0 Å². The lowest BCUT2D eigenvalue weighted by Gasteiger charge is -2.37. The van der Waals surface area contributed by atoms with Crippen molar-refractivity contribution >= 4 is 0 Å². The Morgan fingerprint density at radius 1 is 1.07 bits per heavy atom. The minimum absolute atomic E-state index is 0.823. The van der Waals surface area contributed by atoms with E-state index in [2.05, 4.69) is 17.3 Å². The van der Waals surface area contributed by atoms with Crippen molar-refractivity contribution in [3.63, 3.8) is 0 Å². The van der Waals surface area contributed by atoms with Gasteiger partial charge in [0.25, 0.3) is 0 Å². The van der Waals surface area contributed by atoms with Crippen LogP contribution in [0.25, 0.3) is 0 Å². The van der Waals surface area contributed by atoms with Gasteiger partial charge in [0.05, 0.1) is 0 Å². The molecule has 0 bridgehead atoms. The highest BCUT2D eigenvalue weighted by Gasteiger charge is 2.25. The van der Waals surface area contributed by atoms with Gasteiger partial charge in [-0.05, 0) is 45.2 Å². The quantitative estimate of drug-likeness (QED) is 0.765. The van der Waals surface area contributed by atoms with Gasteiger partial charge < -0.3 is 5.32 Å². The summed E-state index contributed by atoms with van der Waals surface area (Å²) in [6.07, 6.45) is 10.2. The van der Waals surface area contributed by atoms with Crippen LogP contribution in [0.5, 0.6) is 0 Å². The van der Waals surface area contributed by atoms with Crippen LogP contribution in [0, 0.1) is 5.92 Å². The summed E-state index contributed by atoms with van der Waals surface area (Å²) in [5, 5.41) is 3.35. The highest BCUT2D eigenvalue weighted by atomic mass is 15.2. The Bertz CT molecular complexity index is 173. The summed E-state index contributed by atoms with van der Waals surface area (Å²) < 4.78 is 0. The molecule has 1 heterocycles. The first-order valence-electron chi connectivity index (χ1n) is 6.79. The number of likely N-dealkylation sites (N-methyl/N-ethyl adjacent to an activating group) is 1. The number of likely N-dealkylation sites (tertiary alicyclic amines) is 1. The molecule has 0 spiro atoms. The van der Waals surface area contributed by atoms with Gasteiger partial charge in [0.15, 0.2) is 0 Å². The topological polar surface area (TPSA) is 15.3 Å². The van der Waals surface area contributed by atoms with Crippen LogP contribution in [0.1, 0.15) is 44.9 Å². The molecule has 1 saturated carbocycles. The van der Waals surface area contributed by atoms with E-state index >= 15 is 0 Å². The maximum atomic E-state index is 3.35. The SMILES string of the molecule is CNCC1CCCCN1CC1CCCC1. The molecule has 0 aromatic heterocycles. The number of nitrogens with zero attached hydrogens (tertiary/aromatic N) is 1. The summed E-state index contributed by atoms with van der Waals surface area (Å²) in [7, 11) is 2.09. The molecule has 2 heteroatoms. The smallest absolute Gasteiger partial charge is 0.0220 e. The van der Waals surface area contributed by atoms with E-state index in [1.165, 1.54) is 64.6 Å². The number of rotatable bonds is 4. The van der Waals surface area contributed by atoms with Gasteiger partial charge >= 0.3 is 0 Å². The first-order chi connectivity index (χ1) is 7.40. The van der Waals surface area contributed by atoms with E-state index in [1.54, 1.807) is 0 Å². The molecule has 1 aliphatic carbocycles. The Morgan fingerprint density at radius 3 is 2.53 bits per heavy atom. The van der Waals surface area contributed by atoms with E-state index in [-0.39, 0.29) is 0 Å². The summed E-state index contributed by atoms with van der Waals surface area (Å²) >= 11 is 0. The van der Waals surface area contributed by atoms with Gasteiger partial charge in [-0.15, -0.1) is 0 Å². The fourth-order valence-corrected chi connectivity index (χ4v) is 3.29. The number of hydrogen-bond donors (Lipinski definition) is 1. The molecule has 2 aliphatic rings. The van der Waals surface area contributed by atoms with Gasteiger partial charge in [0.1, 0.15) is 0 Å². The second kappa shape index (κ2) is 5.86. The van der Waals surface area contributed by atoms with Crippen molar-refractivity contribution in [2.75, 3.05) is 26.7 Å². The Labute approximate surface area is 94.4 Å². The lowest BCUT2D eigenvalue weighted by molar-refractivity contribution is 0.125. The van der Waals surface area contributed by atoms with Crippen molar-refractivity contribution in [3.05, 3.63) is 0 Å². The van der Waals surface area contributed by atoms with Crippen molar-refractivity contribution in [2.24, 2.45) is 5.92 Å². The monoisotopic (exact) mass is 210 g/mol. The zero-order chi connectivity index (χ0) is 10.5. The van der Waals surface area contributed by atoms with E-state index < -0.39 is 0 Å². The van der Waals surface area contributed by atoms with Gasteiger partial charge in [-0.2, -0.15) is 0 Å². The van der Waals surface area contributed by atoms with Crippen LogP contribution in [0.2, 0.25) is 0 Å². The minimum Gasteiger partial charge on any atom is -0.318 e. The van der Waals surface area contributed by atoms with E-state index in [4.69, 9.17) is 0 Å². The molecule has 1 saturated heterocycles. The predicted octanol–water partition coefficient (Wildman–Crippen LogP) is 2.25. The first-order valence-corrected chi connectivity index (χ1v) is 6.79. The standard InChI is InChI=1S/C13H26N2/c1-14-10-13-8-4-5-9-15(13)11-12-6-2-3-7-12/h12-14H,2-11H2,1H3. The Hall–Kier alpha value is -0.0800. The maximum Gasteiger partial charge on any atom is 0.0220 e. The van der Waals surface area contributed by atoms with Crippen LogP contribution in [0.4, 0.5) is 0 Å². The van der Waals surface area contributed by atoms with E-state index in [0.717, 1.165) is 12.0 Å². The van der Waals surface area contributed by atoms with Gasteiger partial charge in [-0.3, -0.25) is 4.90 Å². The lowest BCUT2D eigenvalue weighted by atomic mass is 9.99. The predicted molar refractivity (Wildman–Crippen MR) is 65.1 cm³/mol. The third-order valence-corrected chi connectivity index (χ3v) is 4.16. The summed E-state index contributed by atoms with van der Waals surface area (Å²) in [6.45, 7) is 3.92. The third-order valence-electron chi connectivity index (χ3n) is 4.16. The molecule has 2 rings (SSSR count). The normalized spacial score (nSPS) is 29.8. The van der Waals surface area contributed by atoms with Crippen molar-refractivity contribution in [3.8, 4) is 0 Å².